The molecule has 1 fully saturated rings. The number of aromatic amines is 1. The Bertz CT molecular complexity index is 503. The van der Waals surface area contributed by atoms with E-state index >= 15 is 0 Å². The summed E-state index contributed by atoms with van der Waals surface area (Å²) in [6.45, 7) is 0.936. The molecular formula is C17H24N4. The third-order valence-electron chi connectivity index (χ3n) is 4.47. The second-order valence-electron chi connectivity index (χ2n) is 5.92. The smallest absolute Gasteiger partial charge is 0.137 e. The molecule has 21 heavy (non-hydrogen) atoms. The first-order valence-corrected chi connectivity index (χ1v) is 8.06. The summed E-state index contributed by atoms with van der Waals surface area (Å²) < 4.78 is 0. The van der Waals surface area contributed by atoms with E-state index in [1.807, 2.05) is 0 Å². The lowest BCUT2D eigenvalue weighted by atomic mass is 9.81. The van der Waals surface area contributed by atoms with E-state index in [0.29, 0.717) is 6.04 Å². The van der Waals surface area contributed by atoms with Gasteiger partial charge in [-0.1, -0.05) is 49.6 Å². The Hall–Kier alpha value is -1.68. The predicted octanol–water partition coefficient (Wildman–Crippen LogP) is 3.26. The summed E-state index contributed by atoms with van der Waals surface area (Å²) >= 11 is 0. The van der Waals surface area contributed by atoms with Crippen LogP contribution in [0.1, 0.15) is 49.5 Å². The van der Waals surface area contributed by atoms with Crippen LogP contribution in [0.3, 0.4) is 0 Å². The first kappa shape index (κ1) is 14.3. The number of hydrogen-bond acceptors (Lipinski definition) is 3. The van der Waals surface area contributed by atoms with Gasteiger partial charge in [0.05, 0.1) is 0 Å². The lowest BCUT2D eigenvalue weighted by Gasteiger charge is -2.31. The largest absolute Gasteiger partial charge is 0.309 e. The fourth-order valence-electron chi connectivity index (χ4n) is 3.38. The van der Waals surface area contributed by atoms with Gasteiger partial charge in [-0.15, -0.1) is 0 Å². The lowest BCUT2D eigenvalue weighted by molar-refractivity contribution is 0.272. The maximum absolute atomic E-state index is 4.19. The first-order valence-electron chi connectivity index (χ1n) is 8.06. The molecule has 1 aromatic heterocycles. The van der Waals surface area contributed by atoms with Crippen LogP contribution in [0.15, 0.2) is 36.7 Å². The molecule has 0 radical (unpaired) electrons. The molecule has 1 atom stereocenters. The van der Waals surface area contributed by atoms with Crippen LogP contribution in [-0.4, -0.2) is 21.7 Å². The number of rotatable bonds is 6. The molecule has 2 N–H and O–H groups in total. The van der Waals surface area contributed by atoms with Gasteiger partial charge < -0.3 is 5.32 Å². The summed E-state index contributed by atoms with van der Waals surface area (Å²) in [5.74, 6) is 1.72. The van der Waals surface area contributed by atoms with E-state index in [2.05, 4.69) is 50.8 Å². The second-order valence-corrected chi connectivity index (χ2v) is 5.92. The Morgan fingerprint density at radius 2 is 1.95 bits per heavy atom. The summed E-state index contributed by atoms with van der Waals surface area (Å²) in [5, 5.41) is 10.6. The fraction of sp³-hybridized carbons (Fsp3) is 0.529. The van der Waals surface area contributed by atoms with Crippen molar-refractivity contribution in [2.45, 2.75) is 44.6 Å². The minimum atomic E-state index is 0.467. The molecule has 0 spiro atoms. The number of H-pyrrole nitrogens is 1. The molecule has 1 saturated carbocycles. The summed E-state index contributed by atoms with van der Waals surface area (Å²) in [4.78, 5) is 4.19. The van der Waals surface area contributed by atoms with E-state index in [-0.39, 0.29) is 0 Å². The van der Waals surface area contributed by atoms with Gasteiger partial charge in [-0.25, -0.2) is 4.98 Å². The van der Waals surface area contributed by atoms with Crippen LogP contribution >= 0.6 is 0 Å². The van der Waals surface area contributed by atoms with Crippen molar-refractivity contribution in [1.82, 2.24) is 20.5 Å². The van der Waals surface area contributed by atoms with Crippen molar-refractivity contribution in [3.8, 4) is 0 Å². The third-order valence-corrected chi connectivity index (χ3v) is 4.47. The molecule has 0 amide bonds. The summed E-state index contributed by atoms with van der Waals surface area (Å²) in [5.41, 5.74) is 1.42. The minimum absolute atomic E-state index is 0.467. The van der Waals surface area contributed by atoms with Crippen LogP contribution in [0, 0.1) is 5.92 Å². The number of benzene rings is 1. The van der Waals surface area contributed by atoms with Crippen molar-refractivity contribution in [3.63, 3.8) is 0 Å². The highest BCUT2D eigenvalue weighted by Crippen LogP contribution is 2.34. The van der Waals surface area contributed by atoms with Crippen molar-refractivity contribution < 1.29 is 0 Å². The molecular weight excluding hydrogens is 260 g/mol. The van der Waals surface area contributed by atoms with Gasteiger partial charge in [0.2, 0.25) is 0 Å². The van der Waals surface area contributed by atoms with Gasteiger partial charge in [-0.3, -0.25) is 5.10 Å². The quantitative estimate of drug-likeness (QED) is 0.856. The molecule has 4 heteroatoms. The Morgan fingerprint density at radius 1 is 1.14 bits per heavy atom. The van der Waals surface area contributed by atoms with E-state index in [9.17, 15) is 0 Å². The Morgan fingerprint density at radius 3 is 2.67 bits per heavy atom. The van der Waals surface area contributed by atoms with Crippen molar-refractivity contribution in [3.05, 3.63) is 48.0 Å². The zero-order valence-corrected chi connectivity index (χ0v) is 12.5. The topological polar surface area (TPSA) is 53.6 Å². The minimum Gasteiger partial charge on any atom is -0.309 e. The number of hydrogen-bond donors (Lipinski definition) is 2. The molecule has 0 saturated heterocycles. The van der Waals surface area contributed by atoms with Gasteiger partial charge in [-0.05, 0) is 24.3 Å². The van der Waals surface area contributed by atoms with Crippen LogP contribution in [-0.2, 0) is 6.42 Å². The van der Waals surface area contributed by atoms with Gasteiger partial charge in [0.15, 0.2) is 0 Å². The van der Waals surface area contributed by atoms with Gasteiger partial charge in [0.25, 0.3) is 0 Å². The molecule has 1 aliphatic rings. The highest BCUT2D eigenvalue weighted by Gasteiger charge is 2.24. The summed E-state index contributed by atoms with van der Waals surface area (Å²) in [6.07, 6.45) is 9.30. The van der Waals surface area contributed by atoms with Crippen molar-refractivity contribution in [1.29, 1.82) is 0 Å². The van der Waals surface area contributed by atoms with Crippen molar-refractivity contribution in [2.24, 2.45) is 5.92 Å². The fourth-order valence-corrected chi connectivity index (χ4v) is 3.38. The Balaban J connectivity index is 1.63. The molecule has 1 aliphatic carbocycles. The van der Waals surface area contributed by atoms with Crippen LogP contribution < -0.4 is 5.32 Å². The van der Waals surface area contributed by atoms with Gasteiger partial charge in [-0.2, -0.15) is 5.10 Å². The lowest BCUT2D eigenvalue weighted by Crippen LogP contribution is -2.31. The van der Waals surface area contributed by atoms with E-state index in [4.69, 9.17) is 0 Å². The molecule has 4 nitrogen and oxygen atoms in total. The van der Waals surface area contributed by atoms with Crippen LogP contribution in [0.5, 0.6) is 0 Å². The molecule has 112 valence electrons. The zero-order valence-electron chi connectivity index (χ0n) is 12.5. The highest BCUT2D eigenvalue weighted by atomic mass is 15.2. The average molecular weight is 284 g/mol. The van der Waals surface area contributed by atoms with Crippen LogP contribution in [0.4, 0.5) is 0 Å². The van der Waals surface area contributed by atoms with Gasteiger partial charge >= 0.3 is 0 Å². The monoisotopic (exact) mass is 284 g/mol. The number of aromatic nitrogens is 3. The summed E-state index contributed by atoms with van der Waals surface area (Å²) in [6, 6.07) is 11.3. The molecule has 1 aromatic carbocycles. The van der Waals surface area contributed by atoms with E-state index < -0.39 is 0 Å². The normalized spacial score (nSPS) is 17.7. The van der Waals surface area contributed by atoms with Gasteiger partial charge in [0, 0.05) is 19.0 Å². The predicted molar refractivity (Wildman–Crippen MR) is 83.8 cm³/mol. The van der Waals surface area contributed by atoms with E-state index in [1.165, 1.54) is 37.7 Å². The Labute approximate surface area is 126 Å². The van der Waals surface area contributed by atoms with E-state index in [1.54, 1.807) is 6.33 Å². The molecule has 3 rings (SSSR count). The SMILES string of the molecule is c1ccc(C(NCCc2ncn[nH]2)C2CCCCC2)cc1. The maximum Gasteiger partial charge on any atom is 0.137 e. The highest BCUT2D eigenvalue weighted by molar-refractivity contribution is 5.20. The Kier molecular flexibility index (Phi) is 5.00. The molecule has 0 bridgehead atoms. The molecule has 1 unspecified atom stereocenters. The molecule has 0 aliphatic heterocycles. The van der Waals surface area contributed by atoms with Crippen LogP contribution in [0.25, 0.3) is 0 Å². The van der Waals surface area contributed by atoms with E-state index in [0.717, 1.165) is 24.7 Å². The first-order chi connectivity index (χ1) is 10.4. The zero-order chi connectivity index (χ0) is 14.3. The standard InChI is InChI=1S/C17H24N4/c1-3-7-14(8-4-1)17(15-9-5-2-6-10-15)18-12-11-16-19-13-20-21-16/h1,3-4,7-8,13,15,17-18H,2,5-6,9-12H2,(H,19,20,21). The van der Waals surface area contributed by atoms with Crippen molar-refractivity contribution >= 4 is 0 Å². The second kappa shape index (κ2) is 7.36. The maximum atomic E-state index is 4.19. The summed E-state index contributed by atoms with van der Waals surface area (Å²) in [7, 11) is 0. The molecule has 2 aromatic rings. The average Bonchev–Trinajstić information content (AvgIpc) is 3.07. The van der Waals surface area contributed by atoms with Gasteiger partial charge in [0.1, 0.15) is 12.2 Å². The number of nitrogens with zero attached hydrogens (tertiary/aromatic N) is 2. The van der Waals surface area contributed by atoms with Crippen LogP contribution in [0.2, 0.25) is 0 Å². The third kappa shape index (κ3) is 3.91. The number of nitrogens with one attached hydrogen (secondary N) is 2. The molecule has 1 heterocycles. The van der Waals surface area contributed by atoms with Crippen molar-refractivity contribution in [2.75, 3.05) is 6.54 Å².